The summed E-state index contributed by atoms with van der Waals surface area (Å²) in [4.78, 5) is 8.11. The summed E-state index contributed by atoms with van der Waals surface area (Å²) in [6.45, 7) is 20.7. The third kappa shape index (κ3) is 2.65. The van der Waals surface area contributed by atoms with Gasteiger partial charge < -0.3 is 0 Å². The topological polar surface area (TPSA) is 9.72 Å². The summed E-state index contributed by atoms with van der Waals surface area (Å²) in [5, 5.41) is 0. The zero-order valence-electron chi connectivity index (χ0n) is 14.3. The molecule has 0 aromatic rings. The maximum absolute atomic E-state index is 2.76. The van der Waals surface area contributed by atoms with Gasteiger partial charge in [-0.25, -0.2) is 0 Å². The molecule has 0 radical (unpaired) electrons. The summed E-state index contributed by atoms with van der Waals surface area (Å²) >= 11 is 0. The molecule has 4 aliphatic heterocycles. The smallest absolute Gasteiger partial charge is 0.0247 e. The van der Waals surface area contributed by atoms with Crippen molar-refractivity contribution in [2.24, 2.45) is 5.92 Å². The standard InChI is InChI=1S/C17H33N3/c1-16(2,3)19-9-13(10-19)8-18-11-14-7-15(12-18)20(14)17(4,5)6/h13-15H,7-12H2,1-6H3. The van der Waals surface area contributed by atoms with Gasteiger partial charge in [0.2, 0.25) is 0 Å². The highest BCUT2D eigenvalue weighted by molar-refractivity contribution is 5.06. The molecule has 4 heterocycles. The SMILES string of the molecule is CC(C)(C)N1CC(CN2CC3CC(C2)N3C(C)(C)C)C1. The largest absolute Gasteiger partial charge is 0.300 e. The lowest BCUT2D eigenvalue weighted by molar-refractivity contribution is -0.127. The normalized spacial score (nSPS) is 33.9. The highest BCUT2D eigenvalue weighted by Crippen LogP contribution is 2.38. The molecule has 3 nitrogen and oxygen atoms in total. The molecule has 0 spiro atoms. The predicted octanol–water partition coefficient (Wildman–Crippen LogP) is 2.27. The minimum Gasteiger partial charge on any atom is -0.300 e. The molecule has 116 valence electrons. The van der Waals surface area contributed by atoms with Gasteiger partial charge in [-0.2, -0.15) is 0 Å². The summed E-state index contributed by atoms with van der Waals surface area (Å²) in [7, 11) is 0. The molecule has 4 rings (SSSR count). The molecule has 0 aromatic heterocycles. The Bertz CT molecular complexity index is 347. The zero-order valence-corrected chi connectivity index (χ0v) is 14.3. The van der Waals surface area contributed by atoms with Gasteiger partial charge in [-0.05, 0) is 53.9 Å². The fourth-order valence-electron chi connectivity index (χ4n) is 4.54. The lowest BCUT2D eigenvalue weighted by Gasteiger charge is -2.62. The third-order valence-corrected chi connectivity index (χ3v) is 5.47. The second-order valence-corrected chi connectivity index (χ2v) is 9.28. The number of piperidine rings is 1. The van der Waals surface area contributed by atoms with Crippen LogP contribution < -0.4 is 0 Å². The van der Waals surface area contributed by atoms with Crippen LogP contribution >= 0.6 is 0 Å². The minimum atomic E-state index is 0.360. The van der Waals surface area contributed by atoms with Crippen LogP contribution in [0.1, 0.15) is 48.0 Å². The Balaban J connectivity index is 1.45. The molecule has 4 saturated heterocycles. The van der Waals surface area contributed by atoms with Crippen molar-refractivity contribution in [3.8, 4) is 0 Å². The number of rotatable bonds is 2. The number of hydrogen-bond acceptors (Lipinski definition) is 3. The fourth-order valence-corrected chi connectivity index (χ4v) is 4.54. The van der Waals surface area contributed by atoms with Crippen LogP contribution in [0.15, 0.2) is 0 Å². The van der Waals surface area contributed by atoms with Crippen molar-refractivity contribution in [1.82, 2.24) is 14.7 Å². The van der Waals surface area contributed by atoms with Crippen LogP contribution in [0.5, 0.6) is 0 Å². The highest BCUT2D eigenvalue weighted by atomic mass is 15.4. The molecule has 0 amide bonds. The molecule has 0 aliphatic carbocycles. The van der Waals surface area contributed by atoms with Gasteiger partial charge in [-0.1, -0.05) is 0 Å². The van der Waals surface area contributed by atoms with Crippen molar-refractivity contribution in [2.45, 2.75) is 71.1 Å². The molecular formula is C17H33N3. The Morgan fingerprint density at radius 1 is 0.800 bits per heavy atom. The van der Waals surface area contributed by atoms with Gasteiger partial charge in [0, 0.05) is 55.9 Å². The molecule has 20 heavy (non-hydrogen) atoms. The van der Waals surface area contributed by atoms with E-state index in [1.807, 2.05) is 0 Å². The Labute approximate surface area is 125 Å². The Morgan fingerprint density at radius 3 is 1.80 bits per heavy atom. The van der Waals surface area contributed by atoms with Crippen molar-refractivity contribution in [1.29, 1.82) is 0 Å². The van der Waals surface area contributed by atoms with Crippen LogP contribution in [0.3, 0.4) is 0 Å². The molecule has 2 unspecified atom stereocenters. The summed E-state index contributed by atoms with van der Waals surface area (Å²) in [5.41, 5.74) is 0.725. The van der Waals surface area contributed by atoms with Crippen LogP contribution in [0, 0.1) is 5.92 Å². The molecule has 2 bridgehead atoms. The van der Waals surface area contributed by atoms with Crippen molar-refractivity contribution in [3.63, 3.8) is 0 Å². The van der Waals surface area contributed by atoms with Gasteiger partial charge in [0.1, 0.15) is 0 Å². The van der Waals surface area contributed by atoms with Crippen LogP contribution in [-0.2, 0) is 0 Å². The Kier molecular flexibility index (Phi) is 3.47. The molecule has 4 aliphatic rings. The first-order valence-electron chi connectivity index (χ1n) is 8.40. The summed E-state index contributed by atoms with van der Waals surface area (Å²) in [5.74, 6) is 0.912. The van der Waals surface area contributed by atoms with Gasteiger partial charge in [0.15, 0.2) is 0 Å². The fraction of sp³-hybridized carbons (Fsp3) is 1.00. The first-order valence-corrected chi connectivity index (χ1v) is 8.40. The van der Waals surface area contributed by atoms with E-state index in [-0.39, 0.29) is 0 Å². The van der Waals surface area contributed by atoms with E-state index < -0.39 is 0 Å². The van der Waals surface area contributed by atoms with Crippen LogP contribution in [0.2, 0.25) is 0 Å². The van der Waals surface area contributed by atoms with E-state index in [1.165, 1.54) is 39.1 Å². The van der Waals surface area contributed by atoms with Crippen molar-refractivity contribution < 1.29 is 0 Å². The third-order valence-electron chi connectivity index (χ3n) is 5.47. The summed E-state index contributed by atoms with van der Waals surface area (Å²) in [6, 6.07) is 1.65. The molecule has 0 saturated carbocycles. The quantitative estimate of drug-likeness (QED) is 0.768. The zero-order chi connectivity index (χ0) is 14.7. The van der Waals surface area contributed by atoms with Gasteiger partial charge in [0.25, 0.3) is 0 Å². The Morgan fingerprint density at radius 2 is 1.35 bits per heavy atom. The molecular weight excluding hydrogens is 246 g/mol. The van der Waals surface area contributed by atoms with E-state index in [9.17, 15) is 0 Å². The highest BCUT2D eigenvalue weighted by Gasteiger charge is 2.49. The number of likely N-dealkylation sites (tertiary alicyclic amines) is 1. The number of hydrogen-bond donors (Lipinski definition) is 0. The molecule has 4 fully saturated rings. The minimum absolute atomic E-state index is 0.360. The van der Waals surface area contributed by atoms with Gasteiger partial charge >= 0.3 is 0 Å². The van der Waals surface area contributed by atoms with Crippen molar-refractivity contribution in [3.05, 3.63) is 0 Å². The van der Waals surface area contributed by atoms with Crippen LogP contribution in [0.4, 0.5) is 0 Å². The summed E-state index contributed by atoms with van der Waals surface area (Å²) in [6.07, 6.45) is 1.44. The molecule has 0 N–H and O–H groups in total. The average molecular weight is 279 g/mol. The van der Waals surface area contributed by atoms with Crippen LogP contribution in [0.25, 0.3) is 0 Å². The lowest BCUT2D eigenvalue weighted by atomic mass is 9.81. The van der Waals surface area contributed by atoms with E-state index in [4.69, 9.17) is 0 Å². The van der Waals surface area contributed by atoms with Crippen molar-refractivity contribution >= 4 is 0 Å². The second-order valence-electron chi connectivity index (χ2n) is 9.28. The van der Waals surface area contributed by atoms with E-state index in [2.05, 4.69) is 56.2 Å². The van der Waals surface area contributed by atoms with Crippen molar-refractivity contribution in [2.75, 3.05) is 32.7 Å². The van der Waals surface area contributed by atoms with Gasteiger partial charge in [0.05, 0.1) is 0 Å². The first kappa shape index (κ1) is 14.8. The maximum atomic E-state index is 2.76. The predicted molar refractivity (Wildman–Crippen MR) is 85.0 cm³/mol. The van der Waals surface area contributed by atoms with E-state index in [0.717, 1.165) is 18.0 Å². The molecule has 2 atom stereocenters. The maximum Gasteiger partial charge on any atom is 0.0247 e. The summed E-state index contributed by atoms with van der Waals surface area (Å²) < 4.78 is 0. The van der Waals surface area contributed by atoms with Gasteiger partial charge in [-0.15, -0.1) is 0 Å². The van der Waals surface area contributed by atoms with E-state index in [1.54, 1.807) is 0 Å². The first-order chi connectivity index (χ1) is 9.14. The lowest BCUT2D eigenvalue weighted by Crippen LogP contribution is -2.73. The second kappa shape index (κ2) is 4.69. The van der Waals surface area contributed by atoms with Crippen LogP contribution in [-0.4, -0.2) is 70.6 Å². The Hall–Kier alpha value is -0.120. The van der Waals surface area contributed by atoms with E-state index >= 15 is 0 Å². The number of fused-ring (bicyclic) bond motifs is 2. The number of nitrogens with zero attached hydrogens (tertiary/aromatic N) is 3. The molecule has 3 heteroatoms. The van der Waals surface area contributed by atoms with Gasteiger partial charge in [-0.3, -0.25) is 14.7 Å². The monoisotopic (exact) mass is 279 g/mol. The van der Waals surface area contributed by atoms with E-state index in [0.29, 0.717) is 11.1 Å². The number of piperazine rings is 1. The average Bonchev–Trinajstić information content (AvgIpc) is 2.18. The molecule has 0 aromatic carbocycles.